The van der Waals surface area contributed by atoms with Crippen molar-refractivity contribution in [3.8, 4) is 0 Å². The molecule has 0 radical (unpaired) electrons. The number of alkyl halides is 5. The van der Waals surface area contributed by atoms with E-state index in [1.165, 1.54) is 6.92 Å². The summed E-state index contributed by atoms with van der Waals surface area (Å²) in [7, 11) is -4.12. The van der Waals surface area contributed by atoms with Crippen molar-refractivity contribution in [1.82, 2.24) is 15.0 Å². The van der Waals surface area contributed by atoms with E-state index in [0.717, 1.165) is 7.05 Å². The second kappa shape index (κ2) is 5.03. The molecule has 13 heteroatoms. The maximum Gasteiger partial charge on any atom is 0.437 e. The first-order valence-electron chi connectivity index (χ1n) is 5.74. The average Bonchev–Trinajstić information content (AvgIpc) is 2.94. The molecule has 1 atom stereocenters. The van der Waals surface area contributed by atoms with Crippen molar-refractivity contribution in [2.75, 3.05) is 0 Å². The van der Waals surface area contributed by atoms with Crippen LogP contribution in [0, 0.1) is 0 Å². The van der Waals surface area contributed by atoms with Crippen LogP contribution in [0.5, 0.6) is 0 Å². The maximum absolute atomic E-state index is 14.3. The number of hydrogen-bond donors (Lipinski definition) is 2. The van der Waals surface area contributed by atoms with Crippen LogP contribution in [0.4, 0.5) is 22.0 Å². The number of halogens is 5. The van der Waals surface area contributed by atoms with Gasteiger partial charge in [-0.25, -0.2) is 0 Å². The van der Waals surface area contributed by atoms with Crippen molar-refractivity contribution < 1.29 is 35.9 Å². The molecule has 1 unspecified atom stereocenters. The molecule has 0 bridgehead atoms. The van der Waals surface area contributed by atoms with Crippen molar-refractivity contribution >= 4 is 15.6 Å². The molecule has 7 nitrogen and oxygen atoms in total. The van der Waals surface area contributed by atoms with Crippen LogP contribution in [-0.2, 0) is 23.3 Å². The molecule has 0 spiro atoms. The van der Waals surface area contributed by atoms with Gasteiger partial charge in [0.1, 0.15) is 6.10 Å². The van der Waals surface area contributed by atoms with Crippen LogP contribution in [0.2, 0.25) is 0 Å². The fourth-order valence-corrected chi connectivity index (χ4v) is 3.03. The molecule has 1 aliphatic heterocycles. The van der Waals surface area contributed by atoms with Crippen LogP contribution in [0.3, 0.4) is 0 Å². The molecule has 1 aromatic rings. The lowest BCUT2D eigenvalue weighted by atomic mass is 10.3. The van der Waals surface area contributed by atoms with Gasteiger partial charge in [0.25, 0.3) is 0 Å². The predicted molar refractivity (Wildman–Crippen MR) is 65.3 cm³/mol. The van der Waals surface area contributed by atoms with Gasteiger partial charge in [0.2, 0.25) is 0 Å². The Morgan fingerprint density at radius 1 is 1.18 bits per heavy atom. The lowest BCUT2D eigenvalue weighted by Gasteiger charge is -2.37. The number of aryl methyl sites for hydroxylation is 1. The lowest BCUT2D eigenvalue weighted by molar-refractivity contribution is -0.144. The van der Waals surface area contributed by atoms with Crippen molar-refractivity contribution in [2.24, 2.45) is 12.2 Å². The Kier molecular flexibility index (Phi) is 3.86. The summed E-state index contributed by atoms with van der Waals surface area (Å²) in [5.74, 6) is 0. The molecule has 1 aromatic heterocycles. The predicted octanol–water partition coefficient (Wildman–Crippen LogP) is 2.76. The van der Waals surface area contributed by atoms with E-state index in [9.17, 15) is 31.1 Å². The Bertz CT molecular complexity index is 615. The Morgan fingerprint density at radius 3 is 2.18 bits per heavy atom. The Morgan fingerprint density at radius 2 is 1.73 bits per heavy atom. The van der Waals surface area contributed by atoms with Crippen LogP contribution in [0.1, 0.15) is 24.7 Å². The zero-order chi connectivity index (χ0) is 16.9. The molecule has 2 N–H and O–H groups in total. The van der Waals surface area contributed by atoms with Gasteiger partial charge >= 0.3 is 11.4 Å². The molecule has 2 rings (SSSR count). The first-order valence-corrected chi connectivity index (χ1v) is 7.29. The smallest absolute Gasteiger partial charge is 0.391 e. The monoisotopic (exact) mass is 350 g/mol. The van der Waals surface area contributed by atoms with E-state index < -0.39 is 44.6 Å². The van der Waals surface area contributed by atoms with E-state index in [0.29, 0.717) is 0 Å². The van der Waals surface area contributed by atoms with E-state index in [1.54, 1.807) is 0 Å². The van der Waals surface area contributed by atoms with Crippen molar-refractivity contribution in [3.63, 3.8) is 0 Å². The normalized spacial score (nSPS) is 20.8. The summed E-state index contributed by atoms with van der Waals surface area (Å²) in [6.07, 6.45) is -6.27. The first kappa shape index (κ1) is 16.9. The number of oxime groups is 1. The summed E-state index contributed by atoms with van der Waals surface area (Å²) in [5, 5.41) is 3.35. The van der Waals surface area contributed by atoms with E-state index in [-0.39, 0.29) is 11.2 Å². The number of nitrogens with zero attached hydrogens (tertiary/aromatic N) is 4. The van der Waals surface area contributed by atoms with Gasteiger partial charge in [-0.1, -0.05) is 15.7 Å². The second-order valence-electron chi connectivity index (χ2n) is 4.56. The standard InChI is InChI=1S/C9H11F5N4O3S/c1-4-3-5(17-21-4)22(19,20)9(13,14)7-6(8(10,11)12)15-18(2)16-7/h4,19-20H,3H2,1-2H3. The Balaban J connectivity index is 2.51. The summed E-state index contributed by atoms with van der Waals surface area (Å²) in [4.78, 5) is 4.85. The van der Waals surface area contributed by atoms with Gasteiger partial charge < -0.3 is 4.84 Å². The molecule has 0 saturated heterocycles. The van der Waals surface area contributed by atoms with Gasteiger partial charge in [-0.3, -0.25) is 9.11 Å². The SMILES string of the molecule is CC1CC(S(O)(O)C(F)(F)c2nn(C)nc2C(F)(F)F)=NO1. The zero-order valence-corrected chi connectivity index (χ0v) is 12.0. The minimum Gasteiger partial charge on any atom is -0.391 e. The summed E-state index contributed by atoms with van der Waals surface area (Å²) >= 11 is 0. The summed E-state index contributed by atoms with van der Waals surface area (Å²) < 4.78 is 86.4. The fourth-order valence-electron chi connectivity index (χ4n) is 1.71. The van der Waals surface area contributed by atoms with Crippen LogP contribution in [0.25, 0.3) is 0 Å². The molecule has 126 valence electrons. The number of rotatable bonds is 2. The first-order chi connectivity index (χ1) is 9.87. The molecule has 0 fully saturated rings. The van der Waals surface area contributed by atoms with Crippen molar-refractivity contribution in [3.05, 3.63) is 11.4 Å². The molecule has 1 aliphatic rings. The molecule has 22 heavy (non-hydrogen) atoms. The minimum absolute atomic E-state index is 0.275. The highest BCUT2D eigenvalue weighted by Crippen LogP contribution is 2.63. The summed E-state index contributed by atoms with van der Waals surface area (Å²) in [6.45, 7) is 1.42. The Labute approximate surface area is 122 Å². The van der Waals surface area contributed by atoms with Gasteiger partial charge in [0.15, 0.2) is 16.4 Å². The molecule has 0 saturated carbocycles. The highest BCUT2D eigenvalue weighted by molar-refractivity contribution is 8.37. The second-order valence-corrected chi connectivity index (χ2v) is 6.64. The van der Waals surface area contributed by atoms with Crippen LogP contribution in [0.15, 0.2) is 5.16 Å². The highest BCUT2D eigenvalue weighted by Gasteiger charge is 2.58. The van der Waals surface area contributed by atoms with Gasteiger partial charge in [-0.2, -0.15) is 26.7 Å². The van der Waals surface area contributed by atoms with Gasteiger partial charge in [0, 0.05) is 13.5 Å². The van der Waals surface area contributed by atoms with Crippen LogP contribution < -0.4 is 0 Å². The topological polar surface area (TPSA) is 92.8 Å². The third kappa shape index (κ3) is 2.63. The van der Waals surface area contributed by atoms with E-state index in [1.807, 2.05) is 0 Å². The quantitative estimate of drug-likeness (QED) is 0.800. The largest absolute Gasteiger partial charge is 0.437 e. The minimum atomic E-state index is -5.23. The zero-order valence-electron chi connectivity index (χ0n) is 11.2. The molecular weight excluding hydrogens is 339 g/mol. The molecule has 0 aliphatic carbocycles. The lowest BCUT2D eigenvalue weighted by Crippen LogP contribution is -2.31. The number of hydrogen-bond acceptors (Lipinski definition) is 6. The van der Waals surface area contributed by atoms with Crippen molar-refractivity contribution in [2.45, 2.75) is 30.9 Å². The van der Waals surface area contributed by atoms with Crippen molar-refractivity contribution in [1.29, 1.82) is 0 Å². The maximum atomic E-state index is 14.3. The highest BCUT2D eigenvalue weighted by atomic mass is 32.3. The summed E-state index contributed by atoms with van der Waals surface area (Å²) in [5.41, 5.74) is -3.86. The molecular formula is C9H11F5N4O3S. The molecule has 0 aromatic carbocycles. The van der Waals surface area contributed by atoms with Gasteiger partial charge in [-0.05, 0) is 6.92 Å². The van der Waals surface area contributed by atoms with E-state index in [4.69, 9.17) is 0 Å². The third-order valence-corrected chi connectivity index (χ3v) is 4.55. The van der Waals surface area contributed by atoms with Crippen LogP contribution >= 0.6 is 10.6 Å². The average molecular weight is 350 g/mol. The molecule has 0 amide bonds. The van der Waals surface area contributed by atoms with Crippen LogP contribution in [-0.4, -0.2) is 35.2 Å². The number of aromatic nitrogens is 3. The van der Waals surface area contributed by atoms with Gasteiger partial charge in [0.05, 0.1) is 0 Å². The molecule has 2 heterocycles. The fraction of sp³-hybridized carbons (Fsp3) is 0.667. The third-order valence-electron chi connectivity index (χ3n) is 2.74. The van der Waals surface area contributed by atoms with E-state index in [2.05, 4.69) is 20.2 Å². The Hall–Kier alpha value is -1.47. The van der Waals surface area contributed by atoms with Gasteiger partial charge in [-0.15, -0.1) is 10.2 Å². The van der Waals surface area contributed by atoms with E-state index >= 15 is 0 Å². The summed E-state index contributed by atoms with van der Waals surface area (Å²) in [6, 6.07) is 0.